The molecule has 0 aliphatic carbocycles. The fourth-order valence-corrected chi connectivity index (χ4v) is 2.23. The molecule has 3 amide bonds. The van der Waals surface area contributed by atoms with Gasteiger partial charge in [-0.1, -0.05) is 39.8 Å². The van der Waals surface area contributed by atoms with Crippen molar-refractivity contribution in [3.8, 4) is 0 Å². The number of primary amides is 1. The molecule has 5 nitrogen and oxygen atoms in total. The molecule has 0 fully saturated rings. The lowest BCUT2D eigenvalue weighted by atomic mass is 9.98. The summed E-state index contributed by atoms with van der Waals surface area (Å²) >= 11 is 0. The van der Waals surface area contributed by atoms with Crippen LogP contribution in [0.5, 0.6) is 0 Å². The number of carbonyl (C=O) groups excluding carboxylic acids is 2. The Balaban J connectivity index is 2.73. The second-order valence-corrected chi connectivity index (χ2v) is 6.11. The number of urea groups is 1. The number of benzene rings is 1. The summed E-state index contributed by atoms with van der Waals surface area (Å²) < 4.78 is 0. The highest BCUT2D eigenvalue weighted by Crippen LogP contribution is 2.20. The van der Waals surface area contributed by atoms with Crippen LogP contribution in [-0.4, -0.2) is 18.0 Å². The van der Waals surface area contributed by atoms with Gasteiger partial charge in [-0.2, -0.15) is 0 Å². The van der Waals surface area contributed by atoms with Crippen molar-refractivity contribution < 1.29 is 9.59 Å². The van der Waals surface area contributed by atoms with Crippen molar-refractivity contribution >= 4 is 17.6 Å². The molecule has 0 saturated carbocycles. The Bertz CT molecular complexity index is 497. The monoisotopic (exact) mass is 305 g/mol. The summed E-state index contributed by atoms with van der Waals surface area (Å²) in [6.07, 6.45) is 1.62. The van der Waals surface area contributed by atoms with E-state index >= 15 is 0 Å². The second kappa shape index (κ2) is 8.41. The number of amides is 3. The fraction of sp³-hybridized carbons (Fsp3) is 0.529. The van der Waals surface area contributed by atoms with E-state index < -0.39 is 12.1 Å². The summed E-state index contributed by atoms with van der Waals surface area (Å²) in [6, 6.07) is 6.50. The predicted molar refractivity (Wildman–Crippen MR) is 89.7 cm³/mol. The number of anilines is 1. The number of hydrogen-bond donors (Lipinski definition) is 3. The zero-order chi connectivity index (χ0) is 16.7. The summed E-state index contributed by atoms with van der Waals surface area (Å²) in [5.74, 6) is 0.522. The molecule has 4 N–H and O–H groups in total. The normalized spacial score (nSPS) is 13.5. The molecule has 1 aromatic rings. The smallest absolute Gasteiger partial charge is 0.312 e. The third-order valence-corrected chi connectivity index (χ3v) is 3.70. The quantitative estimate of drug-likeness (QED) is 0.722. The summed E-state index contributed by atoms with van der Waals surface area (Å²) in [5.41, 5.74) is 7.10. The van der Waals surface area contributed by atoms with Crippen LogP contribution in [0.1, 0.15) is 52.0 Å². The maximum absolute atomic E-state index is 12.3. The Morgan fingerprint density at radius 2 is 1.73 bits per heavy atom. The van der Waals surface area contributed by atoms with Crippen LogP contribution in [0.15, 0.2) is 24.3 Å². The van der Waals surface area contributed by atoms with Gasteiger partial charge < -0.3 is 16.4 Å². The Labute approximate surface area is 132 Å². The lowest BCUT2D eigenvalue weighted by Gasteiger charge is -2.19. The maximum Gasteiger partial charge on any atom is 0.312 e. The van der Waals surface area contributed by atoms with E-state index in [2.05, 4.69) is 24.5 Å². The van der Waals surface area contributed by atoms with E-state index in [0.717, 1.165) is 12.1 Å². The zero-order valence-electron chi connectivity index (χ0n) is 13.8. The second-order valence-electron chi connectivity index (χ2n) is 6.11. The molecule has 22 heavy (non-hydrogen) atoms. The van der Waals surface area contributed by atoms with Gasteiger partial charge in [-0.25, -0.2) is 4.79 Å². The van der Waals surface area contributed by atoms with Gasteiger partial charge in [0.05, 0.1) is 0 Å². The first-order valence-corrected chi connectivity index (χ1v) is 7.80. The van der Waals surface area contributed by atoms with Crippen molar-refractivity contribution in [3.05, 3.63) is 29.8 Å². The van der Waals surface area contributed by atoms with Gasteiger partial charge in [0, 0.05) is 5.69 Å². The number of rotatable bonds is 7. The Kier molecular flexibility index (Phi) is 6.89. The van der Waals surface area contributed by atoms with Crippen LogP contribution in [-0.2, 0) is 4.79 Å². The highest BCUT2D eigenvalue weighted by Gasteiger charge is 2.21. The molecule has 0 bridgehead atoms. The molecule has 0 radical (unpaired) electrons. The van der Waals surface area contributed by atoms with E-state index in [0.29, 0.717) is 12.3 Å². The molecule has 0 heterocycles. The Morgan fingerprint density at radius 3 is 2.18 bits per heavy atom. The molecule has 0 aliphatic heterocycles. The van der Waals surface area contributed by atoms with E-state index in [4.69, 9.17) is 5.73 Å². The standard InChI is InChI=1S/C17H27N3O2/c1-5-12(4)13-6-8-14(9-7-13)19-16(21)15(10-11(2)3)20-17(18)22/h6-9,11-12,15H,5,10H2,1-4H3,(H,19,21)(H3,18,20,22). The van der Waals surface area contributed by atoms with Crippen LogP contribution in [0.4, 0.5) is 10.5 Å². The minimum Gasteiger partial charge on any atom is -0.352 e. The topological polar surface area (TPSA) is 84.2 Å². The minimum atomic E-state index is -0.687. The highest BCUT2D eigenvalue weighted by molar-refractivity contribution is 5.96. The third-order valence-electron chi connectivity index (χ3n) is 3.70. The minimum absolute atomic E-state index is 0.246. The van der Waals surface area contributed by atoms with Crippen molar-refractivity contribution in [2.75, 3.05) is 5.32 Å². The van der Waals surface area contributed by atoms with Crippen LogP contribution in [0.2, 0.25) is 0 Å². The Morgan fingerprint density at radius 1 is 1.14 bits per heavy atom. The number of hydrogen-bond acceptors (Lipinski definition) is 2. The van der Waals surface area contributed by atoms with Crippen LogP contribution >= 0.6 is 0 Å². The van der Waals surface area contributed by atoms with Gasteiger partial charge in [0.15, 0.2) is 0 Å². The largest absolute Gasteiger partial charge is 0.352 e. The average molecular weight is 305 g/mol. The van der Waals surface area contributed by atoms with Gasteiger partial charge in [0.25, 0.3) is 0 Å². The van der Waals surface area contributed by atoms with Crippen molar-refractivity contribution in [2.24, 2.45) is 11.7 Å². The first-order chi connectivity index (χ1) is 10.3. The molecule has 1 aromatic carbocycles. The zero-order valence-corrected chi connectivity index (χ0v) is 13.8. The van der Waals surface area contributed by atoms with Gasteiger partial charge in [-0.3, -0.25) is 4.79 Å². The first-order valence-electron chi connectivity index (χ1n) is 7.80. The number of nitrogens with two attached hydrogens (primary N) is 1. The SMILES string of the molecule is CCC(C)c1ccc(NC(=O)C(CC(C)C)NC(N)=O)cc1. The molecular formula is C17H27N3O2. The summed E-state index contributed by atoms with van der Waals surface area (Å²) in [6.45, 7) is 8.29. The van der Waals surface area contributed by atoms with Gasteiger partial charge in [0.2, 0.25) is 5.91 Å². The Hall–Kier alpha value is -2.04. The van der Waals surface area contributed by atoms with Gasteiger partial charge in [-0.05, 0) is 42.4 Å². The van der Waals surface area contributed by atoms with E-state index in [1.165, 1.54) is 5.56 Å². The predicted octanol–water partition coefficient (Wildman–Crippen LogP) is 3.22. The summed E-state index contributed by atoms with van der Waals surface area (Å²) in [4.78, 5) is 23.3. The van der Waals surface area contributed by atoms with Crippen molar-refractivity contribution in [1.29, 1.82) is 0 Å². The first kappa shape index (κ1) is 18.0. The van der Waals surface area contributed by atoms with E-state index in [9.17, 15) is 9.59 Å². The molecule has 5 heteroatoms. The number of carbonyl (C=O) groups is 2. The summed E-state index contributed by atoms with van der Waals surface area (Å²) in [5, 5.41) is 5.32. The summed E-state index contributed by atoms with van der Waals surface area (Å²) in [7, 11) is 0. The van der Waals surface area contributed by atoms with Crippen LogP contribution in [0.25, 0.3) is 0 Å². The average Bonchev–Trinajstić information content (AvgIpc) is 2.45. The molecule has 0 aromatic heterocycles. The lowest BCUT2D eigenvalue weighted by Crippen LogP contribution is -2.46. The molecule has 0 aliphatic rings. The van der Waals surface area contributed by atoms with Gasteiger partial charge in [0.1, 0.15) is 6.04 Å². The molecule has 0 saturated heterocycles. The van der Waals surface area contributed by atoms with Gasteiger partial charge in [-0.15, -0.1) is 0 Å². The third kappa shape index (κ3) is 5.76. The van der Waals surface area contributed by atoms with E-state index in [1.807, 2.05) is 38.1 Å². The van der Waals surface area contributed by atoms with Crippen LogP contribution in [0.3, 0.4) is 0 Å². The molecule has 0 spiro atoms. The van der Waals surface area contributed by atoms with Crippen molar-refractivity contribution in [3.63, 3.8) is 0 Å². The fourth-order valence-electron chi connectivity index (χ4n) is 2.23. The van der Waals surface area contributed by atoms with Crippen LogP contribution < -0.4 is 16.4 Å². The molecule has 122 valence electrons. The molecular weight excluding hydrogens is 278 g/mol. The van der Waals surface area contributed by atoms with E-state index in [1.54, 1.807) is 0 Å². The van der Waals surface area contributed by atoms with Crippen molar-refractivity contribution in [1.82, 2.24) is 5.32 Å². The van der Waals surface area contributed by atoms with Gasteiger partial charge >= 0.3 is 6.03 Å². The molecule has 1 rings (SSSR count). The molecule has 2 atom stereocenters. The van der Waals surface area contributed by atoms with E-state index in [-0.39, 0.29) is 11.8 Å². The van der Waals surface area contributed by atoms with Crippen LogP contribution in [0, 0.1) is 5.92 Å². The lowest BCUT2D eigenvalue weighted by molar-refractivity contribution is -0.118. The highest BCUT2D eigenvalue weighted by atomic mass is 16.2. The van der Waals surface area contributed by atoms with Crippen molar-refractivity contribution in [2.45, 2.75) is 52.5 Å². The number of nitrogens with one attached hydrogen (secondary N) is 2. The molecule has 2 unspecified atom stereocenters. The maximum atomic E-state index is 12.3.